The number of carbonyl (C=O) groups excluding carboxylic acids is 1. The maximum Gasteiger partial charge on any atom is 0.287 e. The Balaban J connectivity index is 2.20. The van der Waals surface area contributed by atoms with E-state index in [0.29, 0.717) is 24.4 Å². The molecule has 1 aromatic heterocycles. The van der Waals surface area contributed by atoms with Crippen molar-refractivity contribution in [1.82, 2.24) is 5.32 Å². The third-order valence-electron chi connectivity index (χ3n) is 3.23. The molecule has 5 nitrogen and oxygen atoms in total. The van der Waals surface area contributed by atoms with Gasteiger partial charge in [0.25, 0.3) is 5.91 Å². The highest BCUT2D eigenvalue weighted by atomic mass is 16.5. The second kappa shape index (κ2) is 6.54. The lowest BCUT2D eigenvalue weighted by Crippen LogP contribution is -2.38. The van der Waals surface area contributed by atoms with E-state index in [1.165, 1.54) is 0 Å². The van der Waals surface area contributed by atoms with E-state index in [4.69, 9.17) is 14.3 Å². The van der Waals surface area contributed by atoms with Crippen molar-refractivity contribution in [2.45, 2.75) is 19.4 Å². The van der Waals surface area contributed by atoms with E-state index in [1.54, 1.807) is 7.11 Å². The first-order valence-corrected chi connectivity index (χ1v) is 6.56. The number of carbonyl (C=O) groups is 1. The molecule has 1 amide bonds. The predicted octanol–water partition coefficient (Wildman–Crippen LogP) is 1.87. The zero-order chi connectivity index (χ0) is 14.5. The van der Waals surface area contributed by atoms with Gasteiger partial charge in [-0.2, -0.15) is 0 Å². The summed E-state index contributed by atoms with van der Waals surface area (Å²) in [5, 5.41) is 12.7. The van der Waals surface area contributed by atoms with E-state index in [0.717, 1.165) is 10.9 Å². The number of benzene rings is 1. The molecule has 5 heteroatoms. The molecule has 0 aliphatic carbocycles. The molecule has 1 heterocycles. The minimum atomic E-state index is -0.283. The Morgan fingerprint density at radius 2 is 2.20 bits per heavy atom. The van der Waals surface area contributed by atoms with Crippen molar-refractivity contribution in [3.05, 3.63) is 35.6 Å². The SMILES string of the molecule is COCC(CCO)NC(=O)c1oc2ccccc2c1C. The van der Waals surface area contributed by atoms with Gasteiger partial charge in [0.2, 0.25) is 0 Å². The Bertz CT molecular complexity index is 585. The van der Waals surface area contributed by atoms with Gasteiger partial charge in [0.05, 0.1) is 12.6 Å². The quantitative estimate of drug-likeness (QED) is 0.845. The third-order valence-corrected chi connectivity index (χ3v) is 3.23. The van der Waals surface area contributed by atoms with E-state index in [1.807, 2.05) is 31.2 Å². The number of amides is 1. The number of aryl methyl sites for hydroxylation is 1. The largest absolute Gasteiger partial charge is 0.451 e. The molecule has 2 aromatic rings. The van der Waals surface area contributed by atoms with E-state index < -0.39 is 0 Å². The van der Waals surface area contributed by atoms with Gasteiger partial charge in [-0.1, -0.05) is 18.2 Å². The topological polar surface area (TPSA) is 71.7 Å². The summed E-state index contributed by atoms with van der Waals surface area (Å²) in [6.45, 7) is 2.21. The molecular formula is C15H19NO4. The smallest absolute Gasteiger partial charge is 0.287 e. The third kappa shape index (κ3) is 3.00. The molecule has 2 N–H and O–H groups in total. The van der Waals surface area contributed by atoms with Crippen LogP contribution in [0.25, 0.3) is 11.0 Å². The molecule has 0 saturated carbocycles. The Hall–Kier alpha value is -1.85. The molecule has 0 fully saturated rings. The number of methoxy groups -OCH3 is 1. The number of rotatable bonds is 6. The zero-order valence-electron chi connectivity index (χ0n) is 11.7. The van der Waals surface area contributed by atoms with E-state index in [2.05, 4.69) is 5.32 Å². The normalized spacial score (nSPS) is 12.6. The number of aliphatic hydroxyl groups excluding tert-OH is 1. The van der Waals surface area contributed by atoms with Gasteiger partial charge >= 0.3 is 0 Å². The van der Waals surface area contributed by atoms with Crippen LogP contribution >= 0.6 is 0 Å². The molecule has 0 bridgehead atoms. The lowest BCUT2D eigenvalue weighted by atomic mass is 10.1. The van der Waals surface area contributed by atoms with Crippen LogP contribution in [0.15, 0.2) is 28.7 Å². The van der Waals surface area contributed by atoms with Gasteiger partial charge in [0.15, 0.2) is 5.76 Å². The van der Waals surface area contributed by atoms with Gasteiger partial charge in [0.1, 0.15) is 5.58 Å². The summed E-state index contributed by atoms with van der Waals surface area (Å²) in [5.41, 5.74) is 1.51. The molecule has 2 rings (SSSR count). The maximum atomic E-state index is 12.3. The summed E-state index contributed by atoms with van der Waals surface area (Å²) in [6.07, 6.45) is 0.443. The monoisotopic (exact) mass is 277 g/mol. The summed E-state index contributed by atoms with van der Waals surface area (Å²) in [4.78, 5) is 12.3. The van der Waals surface area contributed by atoms with E-state index in [-0.39, 0.29) is 18.6 Å². The van der Waals surface area contributed by atoms with Gasteiger partial charge in [0, 0.05) is 24.7 Å². The maximum absolute atomic E-state index is 12.3. The number of hydrogen-bond donors (Lipinski definition) is 2. The fourth-order valence-electron chi connectivity index (χ4n) is 2.20. The first-order valence-electron chi connectivity index (χ1n) is 6.56. The molecular weight excluding hydrogens is 258 g/mol. The highest BCUT2D eigenvalue weighted by molar-refractivity contribution is 5.99. The van der Waals surface area contributed by atoms with Crippen molar-refractivity contribution in [3.63, 3.8) is 0 Å². The fourth-order valence-corrected chi connectivity index (χ4v) is 2.20. The Kier molecular flexibility index (Phi) is 4.76. The first kappa shape index (κ1) is 14.6. The summed E-state index contributed by atoms with van der Waals surface area (Å²) < 4.78 is 10.6. The molecule has 0 saturated heterocycles. The van der Waals surface area contributed by atoms with Crippen LogP contribution in [0.4, 0.5) is 0 Å². The second-order valence-corrected chi connectivity index (χ2v) is 4.69. The first-order chi connectivity index (χ1) is 9.67. The van der Waals surface area contributed by atoms with Crippen molar-refractivity contribution >= 4 is 16.9 Å². The number of furan rings is 1. The number of nitrogens with one attached hydrogen (secondary N) is 1. The zero-order valence-corrected chi connectivity index (χ0v) is 11.7. The molecule has 0 spiro atoms. The van der Waals surface area contributed by atoms with Crippen molar-refractivity contribution in [3.8, 4) is 0 Å². The van der Waals surface area contributed by atoms with Gasteiger partial charge in [-0.15, -0.1) is 0 Å². The van der Waals surface area contributed by atoms with Crippen LogP contribution < -0.4 is 5.32 Å². The summed E-state index contributed by atoms with van der Waals surface area (Å²) in [7, 11) is 1.56. The molecule has 1 unspecified atom stereocenters. The molecule has 108 valence electrons. The number of para-hydroxylation sites is 1. The van der Waals surface area contributed by atoms with Crippen LogP contribution in [0, 0.1) is 6.92 Å². The van der Waals surface area contributed by atoms with E-state index in [9.17, 15) is 4.79 Å². The average Bonchev–Trinajstić information content (AvgIpc) is 2.77. The highest BCUT2D eigenvalue weighted by Gasteiger charge is 2.20. The Morgan fingerprint density at radius 1 is 1.45 bits per heavy atom. The lowest BCUT2D eigenvalue weighted by Gasteiger charge is -2.16. The molecule has 0 radical (unpaired) electrons. The molecule has 0 aliphatic heterocycles. The summed E-state index contributed by atoms with van der Waals surface area (Å²) in [5.74, 6) is 0.0273. The van der Waals surface area contributed by atoms with Crippen LogP contribution in [0.5, 0.6) is 0 Å². The van der Waals surface area contributed by atoms with Crippen molar-refractivity contribution in [2.24, 2.45) is 0 Å². The minimum Gasteiger partial charge on any atom is -0.451 e. The van der Waals surface area contributed by atoms with Crippen LogP contribution in [-0.2, 0) is 4.74 Å². The van der Waals surface area contributed by atoms with Gasteiger partial charge in [-0.05, 0) is 19.4 Å². The number of aliphatic hydroxyl groups is 1. The van der Waals surface area contributed by atoms with Crippen LogP contribution in [0.3, 0.4) is 0 Å². The molecule has 20 heavy (non-hydrogen) atoms. The highest BCUT2D eigenvalue weighted by Crippen LogP contribution is 2.24. The Morgan fingerprint density at radius 3 is 2.85 bits per heavy atom. The summed E-state index contributed by atoms with van der Waals surface area (Å²) in [6, 6.07) is 7.30. The second-order valence-electron chi connectivity index (χ2n) is 4.69. The van der Waals surface area contributed by atoms with E-state index >= 15 is 0 Å². The predicted molar refractivity (Wildman–Crippen MR) is 75.8 cm³/mol. The van der Waals surface area contributed by atoms with Crippen molar-refractivity contribution in [2.75, 3.05) is 20.3 Å². The lowest BCUT2D eigenvalue weighted by molar-refractivity contribution is 0.0853. The molecule has 1 aromatic carbocycles. The van der Waals surface area contributed by atoms with Crippen LogP contribution in [0.1, 0.15) is 22.5 Å². The minimum absolute atomic E-state index is 0.00653. The Labute approximate surface area is 117 Å². The average molecular weight is 277 g/mol. The molecule has 1 atom stereocenters. The summed E-state index contributed by atoms with van der Waals surface area (Å²) >= 11 is 0. The van der Waals surface area contributed by atoms with Crippen LogP contribution in [0.2, 0.25) is 0 Å². The standard InChI is InChI=1S/C15H19NO4/c1-10-12-5-3-4-6-13(12)20-14(10)15(18)16-11(7-8-17)9-19-2/h3-6,11,17H,7-9H2,1-2H3,(H,16,18). The number of hydrogen-bond acceptors (Lipinski definition) is 4. The van der Waals surface area contributed by atoms with Crippen molar-refractivity contribution < 1.29 is 19.1 Å². The van der Waals surface area contributed by atoms with Gasteiger partial charge in [-0.25, -0.2) is 0 Å². The van der Waals surface area contributed by atoms with Gasteiger partial charge < -0.3 is 19.6 Å². The fraction of sp³-hybridized carbons (Fsp3) is 0.400. The molecule has 0 aliphatic rings. The van der Waals surface area contributed by atoms with Crippen LogP contribution in [-0.4, -0.2) is 37.4 Å². The number of ether oxygens (including phenoxy) is 1. The van der Waals surface area contributed by atoms with Crippen molar-refractivity contribution in [1.29, 1.82) is 0 Å². The van der Waals surface area contributed by atoms with Gasteiger partial charge in [-0.3, -0.25) is 4.79 Å². The number of fused-ring (bicyclic) bond motifs is 1.